The van der Waals surface area contributed by atoms with Crippen molar-refractivity contribution in [2.75, 3.05) is 21.3 Å². The lowest BCUT2D eigenvalue weighted by Gasteiger charge is -2.22. The van der Waals surface area contributed by atoms with Crippen LogP contribution in [0.5, 0.6) is 0 Å². The van der Waals surface area contributed by atoms with Gasteiger partial charge in [-0.25, -0.2) is 0 Å². The zero-order valence-electron chi connectivity index (χ0n) is 5.30. The summed E-state index contributed by atoms with van der Waals surface area (Å²) in [6.45, 7) is 0. The van der Waals surface area contributed by atoms with Crippen molar-refractivity contribution >= 4 is 9.24 Å². The molecule has 0 aliphatic heterocycles. The Morgan fingerprint density at radius 3 is 1.25 bits per heavy atom. The van der Waals surface area contributed by atoms with Crippen molar-refractivity contribution in [2.24, 2.45) is 0 Å². The van der Waals surface area contributed by atoms with Gasteiger partial charge in [0.25, 0.3) is 5.71 Å². The van der Waals surface area contributed by atoms with Crippen molar-refractivity contribution in [3.05, 3.63) is 0 Å². The van der Waals surface area contributed by atoms with E-state index in [2.05, 4.69) is 9.24 Å². The normalized spacial score (nSPS) is 12.0. The van der Waals surface area contributed by atoms with E-state index in [4.69, 9.17) is 14.2 Å². The summed E-state index contributed by atoms with van der Waals surface area (Å²) in [5.41, 5.74) is -0.958. The second-order valence-electron chi connectivity index (χ2n) is 1.22. The summed E-state index contributed by atoms with van der Waals surface area (Å²) in [5.74, 6) is 0. The molecule has 50 valence electrons. The molecule has 0 radical (unpaired) electrons. The van der Waals surface area contributed by atoms with Crippen molar-refractivity contribution in [1.29, 1.82) is 0 Å². The number of hydrogen-bond acceptors (Lipinski definition) is 3. The van der Waals surface area contributed by atoms with Crippen LogP contribution in [0.3, 0.4) is 0 Å². The summed E-state index contributed by atoms with van der Waals surface area (Å²) < 4.78 is 14.3. The van der Waals surface area contributed by atoms with Gasteiger partial charge in [0.2, 0.25) is 0 Å². The molecule has 0 aromatic heterocycles. The second-order valence-corrected chi connectivity index (χ2v) is 1.92. The van der Waals surface area contributed by atoms with E-state index in [0.29, 0.717) is 0 Å². The van der Waals surface area contributed by atoms with E-state index in [1.54, 1.807) is 0 Å². The van der Waals surface area contributed by atoms with E-state index in [-0.39, 0.29) is 0 Å². The summed E-state index contributed by atoms with van der Waals surface area (Å²) in [5, 5.41) is 0. The van der Waals surface area contributed by atoms with Crippen LogP contribution in [-0.2, 0) is 14.2 Å². The molecule has 0 rings (SSSR count). The molecular formula is C4H11O3P. The fourth-order valence-electron chi connectivity index (χ4n) is 0.250. The maximum atomic E-state index is 4.75. The molecule has 8 heavy (non-hydrogen) atoms. The van der Waals surface area contributed by atoms with E-state index in [0.717, 1.165) is 0 Å². The van der Waals surface area contributed by atoms with Gasteiger partial charge in [-0.3, -0.25) is 0 Å². The van der Waals surface area contributed by atoms with Crippen molar-refractivity contribution in [3.8, 4) is 0 Å². The highest BCUT2D eigenvalue weighted by Crippen LogP contribution is 2.19. The van der Waals surface area contributed by atoms with Crippen LogP contribution in [0.15, 0.2) is 0 Å². The fraction of sp³-hybridized carbons (Fsp3) is 1.00. The Bertz CT molecular complexity index is 54.0. The zero-order valence-corrected chi connectivity index (χ0v) is 6.46. The Kier molecular flexibility index (Phi) is 3.49. The van der Waals surface area contributed by atoms with Crippen LogP contribution in [0.2, 0.25) is 0 Å². The first-order chi connectivity index (χ1) is 3.68. The zero-order chi connectivity index (χ0) is 6.62. The largest absolute Gasteiger partial charge is 0.328 e. The minimum absolute atomic E-state index is 0.958. The van der Waals surface area contributed by atoms with Crippen LogP contribution in [-0.4, -0.2) is 27.0 Å². The van der Waals surface area contributed by atoms with E-state index in [1.165, 1.54) is 21.3 Å². The molecule has 0 aliphatic carbocycles. The van der Waals surface area contributed by atoms with Gasteiger partial charge in [0.15, 0.2) is 0 Å². The fourth-order valence-corrected chi connectivity index (χ4v) is 0.250. The lowest BCUT2D eigenvalue weighted by atomic mass is 11.1. The minimum atomic E-state index is -0.958. The molecule has 0 heterocycles. The molecule has 0 fully saturated rings. The summed E-state index contributed by atoms with van der Waals surface area (Å²) in [7, 11) is 6.78. The minimum Gasteiger partial charge on any atom is -0.328 e. The first kappa shape index (κ1) is 8.31. The highest BCUT2D eigenvalue weighted by Gasteiger charge is 2.20. The van der Waals surface area contributed by atoms with E-state index in [9.17, 15) is 0 Å². The Morgan fingerprint density at radius 2 is 1.25 bits per heavy atom. The van der Waals surface area contributed by atoms with E-state index in [1.807, 2.05) is 0 Å². The average Bonchev–Trinajstić information content (AvgIpc) is 1.87. The number of rotatable bonds is 3. The van der Waals surface area contributed by atoms with Crippen molar-refractivity contribution < 1.29 is 14.2 Å². The first-order valence-corrected chi connectivity index (χ1v) is 2.70. The van der Waals surface area contributed by atoms with Crippen LogP contribution < -0.4 is 0 Å². The summed E-state index contributed by atoms with van der Waals surface area (Å²) in [6, 6.07) is 0. The summed E-state index contributed by atoms with van der Waals surface area (Å²) >= 11 is 0. The maximum Gasteiger partial charge on any atom is 0.294 e. The van der Waals surface area contributed by atoms with Gasteiger partial charge in [0.05, 0.1) is 0 Å². The molecule has 3 nitrogen and oxygen atoms in total. The van der Waals surface area contributed by atoms with Gasteiger partial charge < -0.3 is 14.2 Å². The third kappa shape index (κ3) is 2.05. The molecule has 0 saturated heterocycles. The quantitative estimate of drug-likeness (QED) is 0.417. The summed E-state index contributed by atoms with van der Waals surface area (Å²) in [6.07, 6.45) is 0. The highest BCUT2D eigenvalue weighted by atomic mass is 31.0. The standard InChI is InChI=1S/C4H11O3P/c1-5-4(8,6-2)7-3/h8H2,1-3H3. The van der Waals surface area contributed by atoms with Gasteiger partial charge in [-0.2, -0.15) is 0 Å². The molecule has 1 unspecified atom stereocenters. The van der Waals surface area contributed by atoms with Crippen molar-refractivity contribution in [1.82, 2.24) is 0 Å². The van der Waals surface area contributed by atoms with Crippen LogP contribution in [0, 0.1) is 0 Å². The van der Waals surface area contributed by atoms with Gasteiger partial charge in [-0.15, -0.1) is 0 Å². The Labute approximate surface area is 51.5 Å². The van der Waals surface area contributed by atoms with Crippen LogP contribution in [0.1, 0.15) is 0 Å². The number of hydrogen-bond donors (Lipinski definition) is 0. The maximum absolute atomic E-state index is 4.75. The Morgan fingerprint density at radius 1 is 1.00 bits per heavy atom. The van der Waals surface area contributed by atoms with E-state index < -0.39 is 5.71 Å². The summed E-state index contributed by atoms with van der Waals surface area (Å²) in [4.78, 5) is 0. The molecule has 0 amide bonds. The molecule has 0 saturated carbocycles. The van der Waals surface area contributed by atoms with Gasteiger partial charge in [-0.1, -0.05) is 0 Å². The molecular weight excluding hydrogens is 127 g/mol. The molecule has 0 aromatic carbocycles. The predicted octanol–water partition coefficient (Wildman–Crippen LogP) is 0.412. The molecule has 0 bridgehead atoms. The lowest BCUT2D eigenvalue weighted by molar-refractivity contribution is -0.285. The molecule has 4 heteroatoms. The second kappa shape index (κ2) is 3.36. The molecule has 0 N–H and O–H groups in total. The third-order valence-corrected chi connectivity index (χ3v) is 1.56. The lowest BCUT2D eigenvalue weighted by Crippen LogP contribution is -2.27. The molecule has 0 aliphatic rings. The number of ether oxygens (including phenoxy) is 3. The van der Waals surface area contributed by atoms with Gasteiger partial charge >= 0.3 is 0 Å². The smallest absolute Gasteiger partial charge is 0.294 e. The topological polar surface area (TPSA) is 27.7 Å². The van der Waals surface area contributed by atoms with Crippen LogP contribution in [0.25, 0.3) is 0 Å². The van der Waals surface area contributed by atoms with Gasteiger partial charge in [0.1, 0.15) is 0 Å². The Balaban J connectivity index is 3.58. The van der Waals surface area contributed by atoms with Gasteiger partial charge in [-0.05, 0) is 9.24 Å². The van der Waals surface area contributed by atoms with Crippen LogP contribution in [0.4, 0.5) is 0 Å². The third-order valence-electron chi connectivity index (χ3n) is 0.854. The monoisotopic (exact) mass is 138 g/mol. The molecule has 0 spiro atoms. The average molecular weight is 138 g/mol. The highest BCUT2D eigenvalue weighted by molar-refractivity contribution is 7.17. The van der Waals surface area contributed by atoms with E-state index >= 15 is 0 Å². The SMILES string of the molecule is COC(P)(OC)OC. The van der Waals surface area contributed by atoms with Crippen molar-refractivity contribution in [2.45, 2.75) is 5.71 Å². The first-order valence-electron chi connectivity index (χ1n) is 2.13. The number of methoxy groups -OCH3 is 3. The van der Waals surface area contributed by atoms with Gasteiger partial charge in [0, 0.05) is 21.3 Å². The molecule has 1 atom stereocenters. The van der Waals surface area contributed by atoms with Crippen LogP contribution >= 0.6 is 9.24 Å². The molecule has 0 aromatic rings. The Hall–Kier alpha value is 0.310. The van der Waals surface area contributed by atoms with Crippen molar-refractivity contribution in [3.63, 3.8) is 0 Å². The predicted molar refractivity (Wildman–Crippen MR) is 33.5 cm³/mol.